The molecule has 2 aromatic carbocycles. The van der Waals surface area contributed by atoms with Crippen molar-refractivity contribution in [2.45, 2.75) is 31.7 Å². The molecular weight excluding hydrogens is 386 g/mol. The van der Waals surface area contributed by atoms with Crippen LogP contribution in [0.15, 0.2) is 42.5 Å². The molecule has 156 valence electrons. The summed E-state index contributed by atoms with van der Waals surface area (Å²) < 4.78 is 0. The number of carbonyl (C=O) groups is 2. The molecule has 0 saturated carbocycles. The van der Waals surface area contributed by atoms with Crippen LogP contribution in [0, 0.1) is 5.92 Å². The van der Waals surface area contributed by atoms with Crippen LogP contribution in [0.5, 0.6) is 0 Å². The van der Waals surface area contributed by atoms with Crippen molar-refractivity contribution < 1.29 is 9.59 Å². The van der Waals surface area contributed by atoms with Crippen LogP contribution in [-0.4, -0.2) is 60.9 Å². The second-order valence-corrected chi connectivity index (χ2v) is 7.98. The van der Waals surface area contributed by atoms with E-state index in [0.29, 0.717) is 19.1 Å². The predicted molar refractivity (Wildman–Crippen MR) is 118 cm³/mol. The van der Waals surface area contributed by atoms with E-state index >= 15 is 0 Å². The van der Waals surface area contributed by atoms with Crippen LogP contribution >= 0.6 is 12.4 Å². The Labute approximate surface area is 178 Å². The molecule has 2 heterocycles. The molecule has 2 amide bonds. The lowest BCUT2D eigenvalue weighted by Gasteiger charge is -2.37. The molecule has 2 aromatic rings. The van der Waals surface area contributed by atoms with Crippen molar-refractivity contribution in [1.29, 1.82) is 0 Å². The van der Waals surface area contributed by atoms with Gasteiger partial charge in [0.25, 0.3) is 5.91 Å². The molecule has 0 bridgehead atoms. The molecule has 4 rings (SSSR count). The van der Waals surface area contributed by atoms with E-state index in [-0.39, 0.29) is 30.1 Å². The van der Waals surface area contributed by atoms with E-state index in [2.05, 4.69) is 5.32 Å². The first-order chi connectivity index (χ1) is 13.7. The second-order valence-electron chi connectivity index (χ2n) is 7.98. The van der Waals surface area contributed by atoms with Gasteiger partial charge < -0.3 is 15.1 Å². The minimum absolute atomic E-state index is 0. The predicted octanol–water partition coefficient (Wildman–Crippen LogP) is 3.32. The van der Waals surface area contributed by atoms with Gasteiger partial charge in [0, 0.05) is 43.7 Å². The van der Waals surface area contributed by atoms with Crippen molar-refractivity contribution >= 4 is 35.0 Å². The van der Waals surface area contributed by atoms with Crippen LogP contribution in [0.4, 0.5) is 0 Å². The van der Waals surface area contributed by atoms with E-state index in [9.17, 15) is 9.59 Å². The Morgan fingerprint density at radius 1 is 0.862 bits per heavy atom. The number of hydrogen-bond acceptors (Lipinski definition) is 3. The van der Waals surface area contributed by atoms with Gasteiger partial charge in [0.2, 0.25) is 5.91 Å². The highest BCUT2D eigenvalue weighted by Crippen LogP contribution is 2.25. The zero-order valence-electron chi connectivity index (χ0n) is 17.0. The molecule has 6 heteroatoms. The number of nitrogens with zero attached hydrogens (tertiary/aromatic N) is 2. The Bertz CT molecular complexity index is 851. The molecule has 0 aliphatic carbocycles. The van der Waals surface area contributed by atoms with Crippen molar-refractivity contribution in [2.75, 3.05) is 33.2 Å². The number of amides is 2. The Kier molecular flexibility index (Phi) is 7.14. The Morgan fingerprint density at radius 3 is 2.17 bits per heavy atom. The number of piperidine rings is 2. The zero-order chi connectivity index (χ0) is 19.5. The molecule has 1 N–H and O–H groups in total. The molecule has 5 nitrogen and oxygen atoms in total. The lowest BCUT2D eigenvalue weighted by atomic mass is 9.93. The van der Waals surface area contributed by atoms with E-state index in [4.69, 9.17) is 0 Å². The molecule has 0 unspecified atom stereocenters. The van der Waals surface area contributed by atoms with Crippen molar-refractivity contribution in [2.24, 2.45) is 5.92 Å². The molecular formula is C23H30ClN3O2. The highest BCUT2D eigenvalue weighted by atomic mass is 35.5. The summed E-state index contributed by atoms with van der Waals surface area (Å²) in [6.07, 6.45) is 3.59. The normalized spacial score (nSPS) is 18.5. The Hall–Kier alpha value is -2.11. The van der Waals surface area contributed by atoms with E-state index < -0.39 is 0 Å². The Morgan fingerprint density at radius 2 is 1.48 bits per heavy atom. The summed E-state index contributed by atoms with van der Waals surface area (Å²) in [5.74, 6) is 0.423. The van der Waals surface area contributed by atoms with Crippen LogP contribution in [0.3, 0.4) is 0 Å². The van der Waals surface area contributed by atoms with Crippen LogP contribution in [-0.2, 0) is 4.79 Å². The van der Waals surface area contributed by atoms with E-state index in [1.165, 1.54) is 0 Å². The first kappa shape index (κ1) is 21.6. The molecule has 0 spiro atoms. The maximum atomic E-state index is 13.1. The van der Waals surface area contributed by atoms with Gasteiger partial charge in [-0.15, -0.1) is 12.4 Å². The third kappa shape index (κ3) is 4.57. The van der Waals surface area contributed by atoms with Gasteiger partial charge >= 0.3 is 0 Å². The highest BCUT2D eigenvalue weighted by molar-refractivity contribution is 6.07. The van der Waals surface area contributed by atoms with Gasteiger partial charge in [0.15, 0.2) is 0 Å². The first-order valence-electron chi connectivity index (χ1n) is 10.4. The highest BCUT2D eigenvalue weighted by Gasteiger charge is 2.32. The molecule has 0 aromatic heterocycles. The van der Waals surface area contributed by atoms with Crippen molar-refractivity contribution in [1.82, 2.24) is 15.1 Å². The maximum absolute atomic E-state index is 13.1. The number of fused-ring (bicyclic) bond motifs is 1. The molecule has 2 aliphatic rings. The molecule has 0 radical (unpaired) electrons. The van der Waals surface area contributed by atoms with Gasteiger partial charge in [-0.1, -0.05) is 36.4 Å². The fourth-order valence-corrected chi connectivity index (χ4v) is 4.56. The van der Waals surface area contributed by atoms with Gasteiger partial charge in [0.1, 0.15) is 0 Å². The van der Waals surface area contributed by atoms with Gasteiger partial charge in [-0.3, -0.25) is 9.59 Å². The molecule has 0 atom stereocenters. The standard InChI is InChI=1S/C23H29N3O2.ClH/c1-24-19-11-15-25(16-12-19)22(27)18-9-13-26(14-10-18)23(28)21-8-4-6-17-5-2-3-7-20(17)21;/h2-8,18-19,24H,9-16H2,1H3;1H. The summed E-state index contributed by atoms with van der Waals surface area (Å²) in [7, 11) is 1.99. The summed E-state index contributed by atoms with van der Waals surface area (Å²) in [6, 6.07) is 14.4. The average molecular weight is 416 g/mol. The average Bonchev–Trinajstić information content (AvgIpc) is 2.78. The number of benzene rings is 2. The van der Waals surface area contributed by atoms with Gasteiger partial charge in [-0.25, -0.2) is 0 Å². The van der Waals surface area contributed by atoms with E-state index in [1.54, 1.807) is 0 Å². The topological polar surface area (TPSA) is 52.7 Å². The summed E-state index contributed by atoms with van der Waals surface area (Å²) in [5.41, 5.74) is 0.761. The van der Waals surface area contributed by atoms with Crippen LogP contribution in [0.25, 0.3) is 10.8 Å². The van der Waals surface area contributed by atoms with Crippen LogP contribution in [0.2, 0.25) is 0 Å². The third-order valence-corrected chi connectivity index (χ3v) is 6.37. The molecule has 2 aliphatic heterocycles. The maximum Gasteiger partial charge on any atom is 0.254 e. The fourth-order valence-electron chi connectivity index (χ4n) is 4.56. The number of halogens is 1. The second kappa shape index (κ2) is 9.59. The molecule has 2 fully saturated rings. The number of rotatable bonds is 3. The van der Waals surface area contributed by atoms with Gasteiger partial charge in [-0.05, 0) is 49.6 Å². The van der Waals surface area contributed by atoms with E-state index in [1.807, 2.05) is 59.3 Å². The van der Waals surface area contributed by atoms with Crippen LogP contribution < -0.4 is 5.32 Å². The molecule has 2 saturated heterocycles. The Balaban J connectivity index is 0.00000240. The van der Waals surface area contributed by atoms with Crippen molar-refractivity contribution in [3.63, 3.8) is 0 Å². The minimum atomic E-state index is 0. The van der Waals surface area contributed by atoms with Crippen LogP contribution in [0.1, 0.15) is 36.0 Å². The summed E-state index contributed by atoms with van der Waals surface area (Å²) >= 11 is 0. The monoisotopic (exact) mass is 415 g/mol. The third-order valence-electron chi connectivity index (χ3n) is 6.37. The quantitative estimate of drug-likeness (QED) is 0.836. The summed E-state index contributed by atoms with van der Waals surface area (Å²) in [5, 5.41) is 5.39. The zero-order valence-corrected chi connectivity index (χ0v) is 17.8. The summed E-state index contributed by atoms with van der Waals surface area (Å²) in [4.78, 5) is 29.9. The van der Waals surface area contributed by atoms with Crippen molar-refractivity contribution in [3.8, 4) is 0 Å². The molecule has 29 heavy (non-hydrogen) atoms. The number of nitrogens with one attached hydrogen (secondary N) is 1. The SMILES string of the molecule is CNC1CCN(C(=O)C2CCN(C(=O)c3cccc4ccccc34)CC2)CC1.Cl. The smallest absolute Gasteiger partial charge is 0.254 e. The lowest BCUT2D eigenvalue weighted by Crippen LogP contribution is -2.48. The van der Waals surface area contributed by atoms with E-state index in [0.717, 1.165) is 55.1 Å². The first-order valence-corrected chi connectivity index (χ1v) is 10.4. The van der Waals surface area contributed by atoms with Gasteiger partial charge in [-0.2, -0.15) is 0 Å². The fraction of sp³-hybridized carbons (Fsp3) is 0.478. The number of hydrogen-bond donors (Lipinski definition) is 1. The largest absolute Gasteiger partial charge is 0.342 e. The lowest BCUT2D eigenvalue weighted by molar-refractivity contribution is -0.138. The number of carbonyl (C=O) groups excluding carboxylic acids is 2. The number of likely N-dealkylation sites (tertiary alicyclic amines) is 2. The van der Waals surface area contributed by atoms with Gasteiger partial charge in [0.05, 0.1) is 0 Å². The summed E-state index contributed by atoms with van der Waals surface area (Å²) in [6.45, 7) is 3.01. The van der Waals surface area contributed by atoms with Crippen molar-refractivity contribution in [3.05, 3.63) is 48.0 Å². The minimum Gasteiger partial charge on any atom is -0.342 e.